The summed E-state index contributed by atoms with van der Waals surface area (Å²) in [5.41, 5.74) is -0.500. The molecule has 0 aromatic rings. The molecule has 0 bridgehead atoms. The van der Waals surface area contributed by atoms with Crippen molar-refractivity contribution in [3.63, 3.8) is 0 Å². The molecule has 0 spiro atoms. The molecule has 3 atom stereocenters. The van der Waals surface area contributed by atoms with Crippen LogP contribution in [0.4, 0.5) is 0 Å². The van der Waals surface area contributed by atoms with E-state index >= 15 is 0 Å². The first kappa shape index (κ1) is 16.0. The highest BCUT2D eigenvalue weighted by molar-refractivity contribution is 5.84. The maximum absolute atomic E-state index is 11.8. The van der Waals surface area contributed by atoms with Crippen molar-refractivity contribution >= 4 is 11.9 Å². The van der Waals surface area contributed by atoms with Crippen LogP contribution in [0, 0.1) is 5.41 Å². The number of carboxylic acid groups (broad SMARTS) is 1. The van der Waals surface area contributed by atoms with Crippen molar-refractivity contribution in [3.8, 4) is 0 Å². The van der Waals surface area contributed by atoms with Gasteiger partial charge in [0.25, 0.3) is 0 Å². The van der Waals surface area contributed by atoms with E-state index in [0.29, 0.717) is 12.8 Å². The molecule has 1 aliphatic rings. The van der Waals surface area contributed by atoms with Crippen molar-refractivity contribution in [1.29, 1.82) is 0 Å². The molecule has 0 aromatic carbocycles. The molecule has 0 aliphatic carbocycles. The lowest BCUT2D eigenvalue weighted by molar-refractivity contribution is -0.145. The van der Waals surface area contributed by atoms with Gasteiger partial charge in [0.1, 0.15) is 6.04 Å². The SMILES string of the molecule is C[C@@H]1CC[C@@H](CCC(=O)N[C@@H](C(=O)O)C(C)(C)C)O1. The molecule has 1 amide bonds. The predicted octanol–water partition coefficient (Wildman–Crippen LogP) is 1.95. The Morgan fingerprint density at radius 1 is 1.37 bits per heavy atom. The molecule has 0 aromatic heterocycles. The van der Waals surface area contributed by atoms with Crippen molar-refractivity contribution in [1.82, 2.24) is 5.32 Å². The first-order valence-corrected chi connectivity index (χ1v) is 6.87. The van der Waals surface area contributed by atoms with Crippen molar-refractivity contribution in [3.05, 3.63) is 0 Å². The van der Waals surface area contributed by atoms with Gasteiger partial charge >= 0.3 is 5.97 Å². The van der Waals surface area contributed by atoms with E-state index in [9.17, 15) is 9.59 Å². The third kappa shape index (κ3) is 5.19. The molecule has 5 heteroatoms. The molecule has 1 heterocycles. The lowest BCUT2D eigenvalue weighted by Crippen LogP contribution is -2.49. The minimum Gasteiger partial charge on any atom is -0.480 e. The summed E-state index contributed by atoms with van der Waals surface area (Å²) in [7, 11) is 0. The summed E-state index contributed by atoms with van der Waals surface area (Å²) in [4.78, 5) is 23.0. The van der Waals surface area contributed by atoms with E-state index < -0.39 is 17.4 Å². The molecule has 1 rings (SSSR count). The fourth-order valence-electron chi connectivity index (χ4n) is 2.27. The van der Waals surface area contributed by atoms with Crippen LogP contribution in [0.1, 0.15) is 53.4 Å². The van der Waals surface area contributed by atoms with E-state index in [4.69, 9.17) is 9.84 Å². The van der Waals surface area contributed by atoms with Gasteiger partial charge in [-0.2, -0.15) is 0 Å². The summed E-state index contributed by atoms with van der Waals surface area (Å²) in [5.74, 6) is -1.21. The monoisotopic (exact) mass is 271 g/mol. The van der Waals surface area contributed by atoms with Gasteiger partial charge in [-0.15, -0.1) is 0 Å². The molecular weight excluding hydrogens is 246 g/mol. The topological polar surface area (TPSA) is 75.6 Å². The minimum atomic E-state index is -0.994. The molecule has 1 fully saturated rings. The summed E-state index contributed by atoms with van der Waals surface area (Å²) >= 11 is 0. The quantitative estimate of drug-likeness (QED) is 0.801. The molecule has 0 radical (unpaired) electrons. The molecule has 110 valence electrons. The Kier molecular flexibility index (Phi) is 5.35. The zero-order valence-electron chi connectivity index (χ0n) is 12.2. The summed E-state index contributed by atoms with van der Waals surface area (Å²) in [6, 6.07) is -0.858. The second-order valence-electron chi connectivity index (χ2n) is 6.39. The number of carbonyl (C=O) groups is 2. The number of ether oxygens (including phenoxy) is 1. The maximum Gasteiger partial charge on any atom is 0.326 e. The summed E-state index contributed by atoms with van der Waals surface area (Å²) < 4.78 is 5.64. The second-order valence-corrected chi connectivity index (χ2v) is 6.39. The van der Waals surface area contributed by atoms with Gasteiger partial charge in [0.05, 0.1) is 12.2 Å². The van der Waals surface area contributed by atoms with Gasteiger partial charge in [-0.25, -0.2) is 4.79 Å². The fraction of sp³-hybridized carbons (Fsp3) is 0.857. The highest BCUT2D eigenvalue weighted by atomic mass is 16.5. The number of hydrogen-bond donors (Lipinski definition) is 2. The van der Waals surface area contributed by atoms with Crippen LogP contribution in [0.3, 0.4) is 0 Å². The van der Waals surface area contributed by atoms with Gasteiger partial charge in [0.2, 0.25) is 5.91 Å². The van der Waals surface area contributed by atoms with Crippen LogP contribution in [0.2, 0.25) is 0 Å². The van der Waals surface area contributed by atoms with Gasteiger partial charge in [-0.3, -0.25) is 4.79 Å². The summed E-state index contributed by atoms with van der Waals surface area (Å²) in [6.45, 7) is 7.43. The fourth-order valence-corrected chi connectivity index (χ4v) is 2.27. The van der Waals surface area contributed by atoms with Crippen molar-refractivity contribution in [2.45, 2.75) is 71.6 Å². The van der Waals surface area contributed by atoms with E-state index in [2.05, 4.69) is 5.32 Å². The average Bonchev–Trinajstić information content (AvgIpc) is 2.67. The van der Waals surface area contributed by atoms with Crippen molar-refractivity contribution in [2.75, 3.05) is 0 Å². The van der Waals surface area contributed by atoms with Crippen molar-refractivity contribution in [2.24, 2.45) is 5.41 Å². The van der Waals surface area contributed by atoms with E-state index in [1.807, 2.05) is 6.92 Å². The number of hydrogen-bond acceptors (Lipinski definition) is 3. The zero-order valence-corrected chi connectivity index (χ0v) is 12.2. The number of amides is 1. The Morgan fingerprint density at radius 2 is 2.00 bits per heavy atom. The van der Waals surface area contributed by atoms with Crippen LogP contribution in [0.5, 0.6) is 0 Å². The Balaban J connectivity index is 2.39. The normalized spacial score (nSPS) is 25.1. The van der Waals surface area contributed by atoms with Crippen LogP contribution >= 0.6 is 0 Å². The van der Waals surface area contributed by atoms with Gasteiger partial charge in [-0.1, -0.05) is 20.8 Å². The molecule has 5 nitrogen and oxygen atoms in total. The lowest BCUT2D eigenvalue weighted by Gasteiger charge is -2.27. The Morgan fingerprint density at radius 3 is 2.42 bits per heavy atom. The number of aliphatic carboxylic acids is 1. The van der Waals surface area contributed by atoms with E-state index in [1.54, 1.807) is 20.8 Å². The lowest BCUT2D eigenvalue weighted by atomic mass is 9.86. The van der Waals surface area contributed by atoms with Gasteiger partial charge < -0.3 is 15.2 Å². The first-order chi connectivity index (χ1) is 8.70. The summed E-state index contributed by atoms with van der Waals surface area (Å²) in [6.07, 6.45) is 3.40. The van der Waals surface area contributed by atoms with E-state index in [-0.39, 0.29) is 18.1 Å². The number of nitrogens with one attached hydrogen (secondary N) is 1. The van der Waals surface area contributed by atoms with Crippen LogP contribution in [-0.4, -0.2) is 35.2 Å². The smallest absolute Gasteiger partial charge is 0.326 e. The molecule has 0 saturated carbocycles. The minimum absolute atomic E-state index is 0.138. The highest BCUT2D eigenvalue weighted by Gasteiger charge is 2.32. The molecular formula is C14H25NO4. The first-order valence-electron chi connectivity index (χ1n) is 6.87. The molecule has 2 N–H and O–H groups in total. The van der Waals surface area contributed by atoms with Crippen LogP contribution in [0.25, 0.3) is 0 Å². The molecule has 1 saturated heterocycles. The van der Waals surface area contributed by atoms with Crippen LogP contribution in [-0.2, 0) is 14.3 Å². The molecule has 0 unspecified atom stereocenters. The third-order valence-corrected chi connectivity index (χ3v) is 3.43. The van der Waals surface area contributed by atoms with Gasteiger partial charge in [0.15, 0.2) is 0 Å². The summed E-state index contributed by atoms with van der Waals surface area (Å²) in [5, 5.41) is 11.7. The third-order valence-electron chi connectivity index (χ3n) is 3.43. The molecule has 1 aliphatic heterocycles. The van der Waals surface area contributed by atoms with E-state index in [0.717, 1.165) is 12.8 Å². The standard InChI is InChI=1S/C14H25NO4/c1-9-5-6-10(19-9)7-8-11(16)15-12(13(17)18)14(2,3)4/h9-10,12H,5-8H2,1-4H3,(H,15,16)(H,17,18)/t9-,10+,12+/m1/s1. The van der Waals surface area contributed by atoms with E-state index in [1.165, 1.54) is 0 Å². The average molecular weight is 271 g/mol. The molecule has 19 heavy (non-hydrogen) atoms. The van der Waals surface area contributed by atoms with Gasteiger partial charge in [0, 0.05) is 6.42 Å². The Bertz CT molecular complexity index is 335. The Hall–Kier alpha value is -1.10. The van der Waals surface area contributed by atoms with Crippen LogP contribution < -0.4 is 5.32 Å². The number of carbonyl (C=O) groups excluding carboxylic acids is 1. The number of carboxylic acids is 1. The second kappa shape index (κ2) is 6.37. The zero-order chi connectivity index (χ0) is 14.6. The van der Waals surface area contributed by atoms with Gasteiger partial charge in [-0.05, 0) is 31.6 Å². The predicted molar refractivity (Wildman–Crippen MR) is 71.8 cm³/mol. The largest absolute Gasteiger partial charge is 0.480 e. The Labute approximate surface area is 114 Å². The van der Waals surface area contributed by atoms with Crippen molar-refractivity contribution < 1.29 is 19.4 Å². The maximum atomic E-state index is 11.8. The van der Waals surface area contributed by atoms with Crippen LogP contribution in [0.15, 0.2) is 0 Å². The number of rotatable bonds is 5. The highest BCUT2D eigenvalue weighted by Crippen LogP contribution is 2.23.